The lowest BCUT2D eigenvalue weighted by atomic mass is 10.0. The number of carboxylic acid groups (broad SMARTS) is 1. The van der Waals surface area contributed by atoms with Crippen molar-refractivity contribution in [2.45, 2.75) is 44.4 Å². The molecule has 6 nitrogen and oxygen atoms in total. The fraction of sp³-hybridized carbons (Fsp3) is 0.364. The number of nitrogens with zero attached hydrogens (tertiary/aromatic N) is 1. The Labute approximate surface area is 188 Å². The maximum atomic E-state index is 14.9. The van der Waals surface area contributed by atoms with E-state index in [0.717, 1.165) is 28.9 Å². The van der Waals surface area contributed by atoms with Gasteiger partial charge in [-0.1, -0.05) is 23.2 Å². The maximum Gasteiger partial charge on any atom is 0.329 e. The number of hydrogen-bond acceptors (Lipinski definition) is 4. The maximum absolute atomic E-state index is 14.9. The molecule has 0 unspecified atom stereocenters. The topological polar surface area (TPSA) is 76.1 Å². The molecule has 1 saturated heterocycles. The molecular weight excluding hydrogens is 448 g/mol. The molecule has 1 aliphatic carbocycles. The Balaban J connectivity index is 1.60. The Hall–Kier alpha value is -2.35. The van der Waals surface area contributed by atoms with E-state index in [9.17, 15) is 19.1 Å². The van der Waals surface area contributed by atoms with Crippen molar-refractivity contribution >= 4 is 35.1 Å². The SMILES string of the molecule is C[C@H]1OCN(C(=O)c2cc(C3CC3)c(OCc3cc(Cl)cc(Cl)c3)cc2F)[C@@H]1C(=O)O. The van der Waals surface area contributed by atoms with Crippen molar-refractivity contribution < 1.29 is 28.6 Å². The van der Waals surface area contributed by atoms with Gasteiger partial charge in [0.25, 0.3) is 5.91 Å². The van der Waals surface area contributed by atoms with Crippen molar-refractivity contribution in [1.29, 1.82) is 0 Å². The van der Waals surface area contributed by atoms with Crippen LogP contribution < -0.4 is 4.74 Å². The number of rotatable bonds is 6. The van der Waals surface area contributed by atoms with Crippen LogP contribution in [0.5, 0.6) is 5.75 Å². The van der Waals surface area contributed by atoms with Crippen molar-refractivity contribution in [2.75, 3.05) is 6.73 Å². The van der Waals surface area contributed by atoms with Gasteiger partial charge in [-0.05, 0) is 61.1 Å². The highest BCUT2D eigenvalue weighted by molar-refractivity contribution is 6.34. The highest BCUT2D eigenvalue weighted by Crippen LogP contribution is 2.45. The first-order chi connectivity index (χ1) is 14.7. The second-order valence-electron chi connectivity index (χ2n) is 7.77. The number of carbonyl (C=O) groups is 2. The third-order valence-corrected chi connectivity index (χ3v) is 5.87. The molecule has 164 valence electrons. The van der Waals surface area contributed by atoms with Crippen LogP contribution in [0.25, 0.3) is 0 Å². The molecule has 2 aromatic carbocycles. The van der Waals surface area contributed by atoms with Gasteiger partial charge in [0.2, 0.25) is 0 Å². The minimum absolute atomic E-state index is 0.130. The summed E-state index contributed by atoms with van der Waals surface area (Å²) in [5.74, 6) is -2.19. The van der Waals surface area contributed by atoms with Crippen LogP contribution in [0.2, 0.25) is 10.0 Å². The quantitative estimate of drug-likeness (QED) is 0.656. The third-order valence-electron chi connectivity index (χ3n) is 5.43. The molecule has 31 heavy (non-hydrogen) atoms. The Kier molecular flexibility index (Phi) is 6.10. The van der Waals surface area contributed by atoms with Crippen LogP contribution >= 0.6 is 23.2 Å². The van der Waals surface area contributed by atoms with E-state index in [4.69, 9.17) is 32.7 Å². The minimum Gasteiger partial charge on any atom is -0.489 e. The van der Waals surface area contributed by atoms with E-state index < -0.39 is 29.8 Å². The van der Waals surface area contributed by atoms with Gasteiger partial charge in [0, 0.05) is 16.1 Å². The van der Waals surface area contributed by atoms with E-state index in [1.54, 1.807) is 25.1 Å². The van der Waals surface area contributed by atoms with Crippen molar-refractivity contribution in [2.24, 2.45) is 0 Å². The van der Waals surface area contributed by atoms with Gasteiger partial charge in [-0.15, -0.1) is 0 Å². The molecular formula is C22H20Cl2FNO5. The van der Waals surface area contributed by atoms with E-state index in [2.05, 4.69) is 0 Å². The van der Waals surface area contributed by atoms with Crippen LogP contribution in [0.15, 0.2) is 30.3 Å². The second-order valence-corrected chi connectivity index (χ2v) is 8.64. The zero-order chi connectivity index (χ0) is 22.3. The van der Waals surface area contributed by atoms with E-state index in [-0.39, 0.29) is 24.8 Å². The van der Waals surface area contributed by atoms with Crippen LogP contribution in [0.3, 0.4) is 0 Å². The average molecular weight is 468 g/mol. The molecule has 0 spiro atoms. The van der Waals surface area contributed by atoms with E-state index in [1.807, 2.05) is 0 Å². The van der Waals surface area contributed by atoms with Crippen LogP contribution in [0.1, 0.15) is 47.2 Å². The molecule has 0 bridgehead atoms. The van der Waals surface area contributed by atoms with Gasteiger partial charge >= 0.3 is 5.97 Å². The van der Waals surface area contributed by atoms with E-state index in [1.165, 1.54) is 12.1 Å². The van der Waals surface area contributed by atoms with Crippen molar-refractivity contribution in [3.05, 3.63) is 62.9 Å². The Morgan fingerprint density at radius 3 is 2.48 bits per heavy atom. The van der Waals surface area contributed by atoms with Gasteiger partial charge < -0.3 is 14.6 Å². The molecule has 4 rings (SSSR count). The number of hydrogen-bond donors (Lipinski definition) is 1. The lowest BCUT2D eigenvalue weighted by Gasteiger charge is -2.22. The molecule has 9 heteroatoms. The number of benzene rings is 2. The molecule has 2 aromatic rings. The van der Waals surface area contributed by atoms with Crippen LogP contribution in [0, 0.1) is 5.82 Å². The lowest BCUT2D eigenvalue weighted by Crippen LogP contribution is -2.44. The fourth-order valence-electron chi connectivity index (χ4n) is 3.73. The third kappa shape index (κ3) is 4.63. The normalized spacial score (nSPS) is 20.7. The van der Waals surface area contributed by atoms with E-state index >= 15 is 0 Å². The highest BCUT2D eigenvalue weighted by Gasteiger charge is 2.42. The summed E-state index contributed by atoms with van der Waals surface area (Å²) >= 11 is 12.0. The molecule has 2 fully saturated rings. The minimum atomic E-state index is -1.19. The summed E-state index contributed by atoms with van der Waals surface area (Å²) in [6.45, 7) is 1.49. The molecule has 1 heterocycles. The molecule has 2 aliphatic rings. The predicted octanol–water partition coefficient (Wildman–Crippen LogP) is 4.86. The first kappa shape index (κ1) is 21.9. The Morgan fingerprint density at radius 1 is 1.19 bits per heavy atom. The molecule has 1 amide bonds. The Morgan fingerprint density at radius 2 is 1.87 bits per heavy atom. The summed E-state index contributed by atoms with van der Waals surface area (Å²) < 4.78 is 26.1. The number of aliphatic carboxylic acids is 1. The largest absolute Gasteiger partial charge is 0.489 e. The molecule has 1 saturated carbocycles. The van der Waals surface area contributed by atoms with Crippen molar-refractivity contribution in [3.8, 4) is 5.75 Å². The van der Waals surface area contributed by atoms with Gasteiger partial charge in [-0.2, -0.15) is 0 Å². The van der Waals surface area contributed by atoms with Crippen LogP contribution in [-0.4, -0.2) is 40.8 Å². The van der Waals surface area contributed by atoms with Gasteiger partial charge in [0.1, 0.15) is 24.9 Å². The van der Waals surface area contributed by atoms with Gasteiger partial charge in [-0.3, -0.25) is 9.69 Å². The number of carboxylic acids is 1. The summed E-state index contributed by atoms with van der Waals surface area (Å²) in [5, 5.41) is 10.4. The standard InChI is InChI=1S/C22H20Cl2FNO5/c1-11-20(22(28)29)26(10-31-11)21(27)17-7-16(13-2-3-13)19(8-18(17)25)30-9-12-4-14(23)6-15(24)5-12/h4-8,11,13,20H,2-3,9-10H2,1H3,(H,28,29)/t11-,20+/m1/s1. The number of halogens is 3. The lowest BCUT2D eigenvalue weighted by molar-refractivity contribution is -0.142. The zero-order valence-electron chi connectivity index (χ0n) is 16.6. The summed E-state index contributed by atoms with van der Waals surface area (Å²) in [6.07, 6.45) is 1.13. The first-order valence-corrected chi connectivity index (χ1v) is 10.6. The highest BCUT2D eigenvalue weighted by atomic mass is 35.5. The Bertz CT molecular complexity index is 1020. The summed E-state index contributed by atoms with van der Waals surface area (Å²) in [4.78, 5) is 25.5. The molecule has 2 atom stereocenters. The number of amides is 1. The summed E-state index contributed by atoms with van der Waals surface area (Å²) in [6, 6.07) is 6.51. The van der Waals surface area contributed by atoms with Crippen LogP contribution in [0.4, 0.5) is 4.39 Å². The molecule has 1 N–H and O–H groups in total. The first-order valence-electron chi connectivity index (χ1n) is 9.81. The smallest absolute Gasteiger partial charge is 0.329 e. The summed E-state index contributed by atoms with van der Waals surface area (Å²) in [7, 11) is 0. The predicted molar refractivity (Wildman–Crippen MR) is 112 cm³/mol. The van der Waals surface area contributed by atoms with Gasteiger partial charge in [-0.25, -0.2) is 9.18 Å². The average Bonchev–Trinajstić information content (AvgIpc) is 3.46. The second kappa shape index (κ2) is 8.65. The zero-order valence-corrected chi connectivity index (χ0v) is 18.1. The molecule has 0 aromatic heterocycles. The molecule has 1 aliphatic heterocycles. The summed E-state index contributed by atoms with van der Waals surface area (Å²) in [5.41, 5.74) is 1.26. The number of ether oxygens (including phenoxy) is 2. The van der Waals surface area contributed by atoms with Crippen molar-refractivity contribution in [3.63, 3.8) is 0 Å². The monoisotopic (exact) mass is 467 g/mol. The van der Waals surface area contributed by atoms with Crippen LogP contribution in [-0.2, 0) is 16.1 Å². The fourth-order valence-corrected chi connectivity index (χ4v) is 4.30. The molecule has 0 radical (unpaired) electrons. The van der Waals surface area contributed by atoms with Crippen molar-refractivity contribution in [1.82, 2.24) is 4.90 Å². The van der Waals surface area contributed by atoms with E-state index in [0.29, 0.717) is 15.8 Å². The van der Waals surface area contributed by atoms with Gasteiger partial charge in [0.15, 0.2) is 6.04 Å². The van der Waals surface area contributed by atoms with Gasteiger partial charge in [0.05, 0.1) is 11.7 Å². The number of carbonyl (C=O) groups excluding carboxylic acids is 1.